The number of furan rings is 2. The Kier molecular flexibility index (Phi) is 7.44. The van der Waals surface area contributed by atoms with Crippen molar-refractivity contribution in [2.75, 3.05) is 23.2 Å². The molecule has 0 fully saturated rings. The zero-order valence-corrected chi connectivity index (χ0v) is 20.7. The molecule has 0 saturated carbocycles. The second kappa shape index (κ2) is 11.6. The van der Waals surface area contributed by atoms with Gasteiger partial charge in [0.15, 0.2) is 0 Å². The minimum absolute atomic E-state index is 0.144. The number of carbonyl (C=O) groups is 1. The normalized spacial score (nSPS) is 10.9. The van der Waals surface area contributed by atoms with Gasteiger partial charge in [-0.2, -0.15) is 20.1 Å². The highest BCUT2D eigenvalue weighted by molar-refractivity contribution is 5.95. The molecule has 0 unspecified atom stereocenters. The molecule has 0 atom stereocenters. The Morgan fingerprint density at radius 1 is 0.974 bits per heavy atom. The van der Waals surface area contributed by atoms with Crippen LogP contribution in [0.2, 0.25) is 0 Å². The lowest BCUT2D eigenvalue weighted by atomic mass is 10.1. The summed E-state index contributed by atoms with van der Waals surface area (Å²) in [5, 5.41) is 19.8. The van der Waals surface area contributed by atoms with E-state index in [9.17, 15) is 9.90 Å². The van der Waals surface area contributed by atoms with Crippen LogP contribution in [0.15, 0.2) is 93.0 Å². The predicted molar refractivity (Wildman–Crippen MR) is 144 cm³/mol. The molecule has 4 N–H and O–H groups in total. The largest absolute Gasteiger partial charge is 0.497 e. The maximum Gasteiger partial charge on any atom is 0.336 e. The number of methoxy groups -OCH3 is 1. The molecule has 0 radical (unpaired) electrons. The number of anilines is 4. The van der Waals surface area contributed by atoms with Crippen molar-refractivity contribution in [1.29, 1.82) is 0 Å². The van der Waals surface area contributed by atoms with Crippen LogP contribution in [0.1, 0.15) is 21.9 Å². The van der Waals surface area contributed by atoms with E-state index < -0.39 is 5.97 Å². The monoisotopic (exact) mass is 525 g/mol. The SMILES string of the molecule is COc1ccc(Nc2nc(NCc3ccco3)nc(NN=Cc3ccc(-c4ccccc4C(=O)O)o3)n2)cc1. The van der Waals surface area contributed by atoms with E-state index in [0.29, 0.717) is 35.3 Å². The molecule has 0 saturated heterocycles. The summed E-state index contributed by atoms with van der Waals surface area (Å²) in [5.74, 6) is 1.95. The quantitative estimate of drug-likeness (QED) is 0.132. The van der Waals surface area contributed by atoms with Crippen LogP contribution in [0.25, 0.3) is 11.3 Å². The van der Waals surface area contributed by atoms with Crippen LogP contribution in [0, 0.1) is 0 Å². The minimum Gasteiger partial charge on any atom is -0.497 e. The molecular formula is C27H23N7O5. The minimum atomic E-state index is -1.04. The van der Waals surface area contributed by atoms with Gasteiger partial charge in [0.2, 0.25) is 17.8 Å². The number of benzene rings is 2. The van der Waals surface area contributed by atoms with Gasteiger partial charge in [0.25, 0.3) is 0 Å². The first-order valence-electron chi connectivity index (χ1n) is 11.7. The van der Waals surface area contributed by atoms with E-state index in [0.717, 1.165) is 11.4 Å². The zero-order valence-electron chi connectivity index (χ0n) is 20.7. The van der Waals surface area contributed by atoms with Crippen molar-refractivity contribution < 1.29 is 23.5 Å². The summed E-state index contributed by atoms with van der Waals surface area (Å²) in [6, 6.07) is 20.9. The highest BCUT2D eigenvalue weighted by atomic mass is 16.5. The van der Waals surface area contributed by atoms with E-state index in [2.05, 4.69) is 36.1 Å². The highest BCUT2D eigenvalue weighted by Gasteiger charge is 2.14. The molecule has 0 amide bonds. The fraction of sp³-hybridized carbons (Fsp3) is 0.0741. The van der Waals surface area contributed by atoms with E-state index in [-0.39, 0.29) is 17.5 Å². The Morgan fingerprint density at radius 2 is 1.77 bits per heavy atom. The van der Waals surface area contributed by atoms with Crippen molar-refractivity contribution in [1.82, 2.24) is 15.0 Å². The highest BCUT2D eigenvalue weighted by Crippen LogP contribution is 2.25. The van der Waals surface area contributed by atoms with Crippen molar-refractivity contribution >= 4 is 35.7 Å². The molecule has 0 spiro atoms. The third-order valence-electron chi connectivity index (χ3n) is 5.39. The number of rotatable bonds is 11. The first-order valence-corrected chi connectivity index (χ1v) is 11.7. The fourth-order valence-corrected chi connectivity index (χ4v) is 3.55. The second-order valence-electron chi connectivity index (χ2n) is 8.02. The summed E-state index contributed by atoms with van der Waals surface area (Å²) >= 11 is 0. The smallest absolute Gasteiger partial charge is 0.336 e. The Balaban J connectivity index is 1.33. The number of carboxylic acids is 1. The number of hydrogen-bond acceptors (Lipinski definition) is 11. The molecule has 0 aliphatic rings. The van der Waals surface area contributed by atoms with Crippen LogP contribution in [0.5, 0.6) is 5.75 Å². The van der Waals surface area contributed by atoms with E-state index in [4.69, 9.17) is 13.6 Å². The summed E-state index contributed by atoms with van der Waals surface area (Å²) < 4.78 is 16.3. The van der Waals surface area contributed by atoms with Gasteiger partial charge in [0, 0.05) is 11.3 Å². The molecule has 2 aromatic carbocycles. The first kappa shape index (κ1) is 25.0. The predicted octanol–water partition coefficient (Wildman–Crippen LogP) is 5.23. The molecule has 0 bridgehead atoms. The maximum atomic E-state index is 11.5. The molecule has 39 heavy (non-hydrogen) atoms. The number of hydrazone groups is 1. The number of nitrogens with one attached hydrogen (secondary N) is 3. The van der Waals surface area contributed by atoms with Gasteiger partial charge in [-0.3, -0.25) is 0 Å². The summed E-state index contributed by atoms with van der Waals surface area (Å²) in [6.45, 7) is 0.370. The first-order chi connectivity index (χ1) is 19.1. The van der Waals surface area contributed by atoms with Crippen LogP contribution in [0.4, 0.5) is 23.5 Å². The average molecular weight is 526 g/mol. The van der Waals surface area contributed by atoms with Crippen LogP contribution in [-0.4, -0.2) is 39.4 Å². The van der Waals surface area contributed by atoms with Gasteiger partial charge in [-0.1, -0.05) is 18.2 Å². The molecule has 3 heterocycles. The zero-order chi connectivity index (χ0) is 27.0. The van der Waals surface area contributed by atoms with Gasteiger partial charge >= 0.3 is 5.97 Å². The standard InChI is InChI=1S/C27H23N7O5/c1-37-18-10-8-17(9-11-18)30-26-31-25(28-15-19-5-4-14-38-19)32-27(33-26)34-29-16-20-12-13-23(39-20)21-6-2-3-7-22(21)24(35)36/h2-14,16H,15H2,1H3,(H,35,36)(H3,28,30,31,32,33,34). The summed E-state index contributed by atoms with van der Waals surface area (Å²) in [6.07, 6.45) is 3.02. The summed E-state index contributed by atoms with van der Waals surface area (Å²) in [4.78, 5) is 24.7. The van der Waals surface area contributed by atoms with E-state index in [1.165, 1.54) is 12.3 Å². The number of carboxylic acid groups (broad SMARTS) is 1. The lowest BCUT2D eigenvalue weighted by Gasteiger charge is -2.10. The van der Waals surface area contributed by atoms with Crippen molar-refractivity contribution in [3.63, 3.8) is 0 Å². The molecule has 0 aliphatic heterocycles. The van der Waals surface area contributed by atoms with Gasteiger partial charge < -0.3 is 29.3 Å². The molecule has 0 aliphatic carbocycles. The molecular weight excluding hydrogens is 502 g/mol. The van der Waals surface area contributed by atoms with Crippen molar-refractivity contribution in [2.24, 2.45) is 5.10 Å². The molecule has 12 heteroatoms. The van der Waals surface area contributed by atoms with E-state index >= 15 is 0 Å². The van der Waals surface area contributed by atoms with Crippen LogP contribution >= 0.6 is 0 Å². The number of nitrogens with zero attached hydrogens (tertiary/aromatic N) is 4. The van der Waals surface area contributed by atoms with Gasteiger partial charge in [0.05, 0.1) is 31.7 Å². The number of aromatic carboxylic acids is 1. The topological polar surface area (TPSA) is 160 Å². The molecule has 3 aromatic heterocycles. The maximum absolute atomic E-state index is 11.5. The number of aromatic nitrogens is 3. The lowest BCUT2D eigenvalue weighted by molar-refractivity contribution is 0.0697. The van der Waals surface area contributed by atoms with Crippen LogP contribution in [0.3, 0.4) is 0 Å². The molecule has 5 aromatic rings. The third-order valence-corrected chi connectivity index (χ3v) is 5.39. The van der Waals surface area contributed by atoms with E-state index in [1.807, 2.05) is 30.3 Å². The van der Waals surface area contributed by atoms with Crippen molar-refractivity contribution in [3.05, 3.63) is 96.1 Å². The van der Waals surface area contributed by atoms with Crippen LogP contribution < -0.4 is 20.8 Å². The Bertz CT molecular complexity index is 1580. The average Bonchev–Trinajstić information content (AvgIpc) is 3.65. The Labute approximate surface area is 222 Å². The Hall–Kier alpha value is -5.65. The van der Waals surface area contributed by atoms with Crippen molar-refractivity contribution in [2.45, 2.75) is 6.54 Å². The van der Waals surface area contributed by atoms with E-state index in [1.54, 1.807) is 49.8 Å². The van der Waals surface area contributed by atoms with Crippen LogP contribution in [-0.2, 0) is 6.54 Å². The summed E-state index contributed by atoms with van der Waals surface area (Å²) in [7, 11) is 1.60. The lowest BCUT2D eigenvalue weighted by Crippen LogP contribution is -2.09. The van der Waals surface area contributed by atoms with Crippen molar-refractivity contribution in [3.8, 4) is 17.1 Å². The summed E-state index contributed by atoms with van der Waals surface area (Å²) in [5.41, 5.74) is 4.14. The van der Waals surface area contributed by atoms with Gasteiger partial charge in [-0.15, -0.1) is 0 Å². The van der Waals surface area contributed by atoms with Gasteiger partial charge in [-0.05, 0) is 54.6 Å². The van der Waals surface area contributed by atoms with Gasteiger partial charge in [-0.25, -0.2) is 10.2 Å². The number of ether oxygens (including phenoxy) is 1. The fourth-order valence-electron chi connectivity index (χ4n) is 3.55. The molecule has 196 valence electrons. The third kappa shape index (κ3) is 6.38. The van der Waals surface area contributed by atoms with Gasteiger partial charge in [0.1, 0.15) is 23.0 Å². The molecule has 5 rings (SSSR count). The second-order valence-corrected chi connectivity index (χ2v) is 8.02. The Morgan fingerprint density at radius 3 is 2.54 bits per heavy atom. The molecule has 12 nitrogen and oxygen atoms in total. The number of hydrogen-bond donors (Lipinski definition) is 4.